The van der Waals surface area contributed by atoms with Gasteiger partial charge in [0.05, 0.1) is 23.6 Å². The number of hydrogen-bond donors (Lipinski definition) is 1. The normalized spacial score (nSPS) is 14.3. The zero-order chi connectivity index (χ0) is 33.6. The molecule has 2 amide bonds. The Morgan fingerprint density at radius 3 is 2.35 bits per heavy atom. The van der Waals surface area contributed by atoms with Crippen LogP contribution in [0, 0.1) is 24.0 Å². The van der Waals surface area contributed by atoms with Crippen LogP contribution in [0.5, 0.6) is 0 Å². The fraction of sp³-hybridized carbons (Fsp3) is 0.406. The minimum absolute atomic E-state index is 0.0203. The fourth-order valence-electron chi connectivity index (χ4n) is 5.14. The monoisotopic (exact) mass is 654 g/mol. The van der Waals surface area contributed by atoms with Gasteiger partial charge in [-0.3, -0.25) is 4.79 Å². The molecule has 242 valence electrons. The van der Waals surface area contributed by atoms with Crippen molar-refractivity contribution in [3.8, 4) is 21.6 Å². The Morgan fingerprint density at radius 2 is 1.70 bits per heavy atom. The number of rotatable bonds is 5. The van der Waals surface area contributed by atoms with Crippen LogP contribution in [0.1, 0.15) is 50.7 Å². The first-order valence-corrected chi connectivity index (χ1v) is 15.4. The molecule has 1 N–H and O–H groups in total. The Bertz CT molecular complexity index is 1870. The average Bonchev–Trinajstić information content (AvgIpc) is 3.56. The number of nitrogens with zero attached hydrogens (tertiary/aromatic N) is 6. The van der Waals surface area contributed by atoms with Crippen LogP contribution in [0.25, 0.3) is 37.4 Å². The molecule has 2 aromatic heterocycles. The molecule has 0 bridgehead atoms. The van der Waals surface area contributed by atoms with Gasteiger partial charge in [-0.2, -0.15) is 0 Å². The first kappa shape index (κ1) is 32.9. The summed E-state index contributed by atoms with van der Waals surface area (Å²) in [5.74, 6) is -3.66. The van der Waals surface area contributed by atoms with Gasteiger partial charge in [0, 0.05) is 42.2 Å². The average molecular weight is 655 g/mol. The number of aliphatic hydroxyl groups is 1. The lowest BCUT2D eigenvalue weighted by molar-refractivity contribution is 0.0255. The highest BCUT2D eigenvalue weighted by Gasteiger charge is 2.31. The second-order valence-corrected chi connectivity index (χ2v) is 13.7. The van der Waals surface area contributed by atoms with Crippen molar-refractivity contribution in [1.82, 2.24) is 24.8 Å². The lowest BCUT2D eigenvalue weighted by atomic mass is 10.0. The van der Waals surface area contributed by atoms with Gasteiger partial charge in [0.1, 0.15) is 22.5 Å². The molecule has 1 fully saturated rings. The Kier molecular flexibility index (Phi) is 8.85. The first-order valence-electron chi connectivity index (χ1n) is 14.6. The van der Waals surface area contributed by atoms with E-state index in [4.69, 9.17) is 11.3 Å². The summed E-state index contributed by atoms with van der Waals surface area (Å²) >= 11 is 0.914. The van der Waals surface area contributed by atoms with Crippen LogP contribution in [-0.4, -0.2) is 80.3 Å². The van der Waals surface area contributed by atoms with Gasteiger partial charge in [-0.1, -0.05) is 17.3 Å². The standard InChI is InChI=1S/C32H33F3N6O4S/c1-31(2,3)45-30(44)40-11-7-10-39(12-13-40)29(43)24-16-19(18-8-9-22(36-6)21(33)14-18)28(46-24)20-15-23-27(26(35)25(20)34)41(38-37-23)32(4,5)17-42/h8-9,14-16,42H,7,10-13,17H2,1-5H3. The van der Waals surface area contributed by atoms with E-state index in [9.17, 15) is 19.1 Å². The molecule has 46 heavy (non-hydrogen) atoms. The summed E-state index contributed by atoms with van der Waals surface area (Å²) in [6.07, 6.45) is 0.0232. The van der Waals surface area contributed by atoms with E-state index >= 15 is 8.78 Å². The molecular weight excluding hydrogens is 621 g/mol. The van der Waals surface area contributed by atoms with E-state index in [1.807, 2.05) is 0 Å². The number of fused-ring (bicyclic) bond motifs is 1. The van der Waals surface area contributed by atoms with Gasteiger partial charge in [0.2, 0.25) is 5.69 Å². The number of thiophene rings is 1. The Morgan fingerprint density at radius 1 is 1.00 bits per heavy atom. The number of halogens is 3. The predicted molar refractivity (Wildman–Crippen MR) is 167 cm³/mol. The fourth-order valence-corrected chi connectivity index (χ4v) is 6.29. The van der Waals surface area contributed by atoms with E-state index in [1.165, 1.54) is 24.3 Å². The van der Waals surface area contributed by atoms with Crippen LogP contribution in [0.3, 0.4) is 0 Å². The summed E-state index contributed by atoms with van der Waals surface area (Å²) in [5.41, 5.74) is -1.87. The lowest BCUT2D eigenvalue weighted by Gasteiger charge is -2.26. The molecule has 2 aromatic carbocycles. The predicted octanol–water partition coefficient (Wildman–Crippen LogP) is 6.61. The third kappa shape index (κ3) is 6.29. The molecule has 14 heteroatoms. The molecule has 0 unspecified atom stereocenters. The number of aliphatic hydroxyl groups excluding tert-OH is 1. The molecule has 0 radical (unpaired) electrons. The maximum Gasteiger partial charge on any atom is 0.410 e. The first-order chi connectivity index (χ1) is 21.6. The van der Waals surface area contributed by atoms with Crippen molar-refractivity contribution >= 4 is 40.1 Å². The van der Waals surface area contributed by atoms with E-state index in [0.29, 0.717) is 19.5 Å². The zero-order valence-electron chi connectivity index (χ0n) is 26.0. The van der Waals surface area contributed by atoms with Crippen LogP contribution in [0.2, 0.25) is 0 Å². The molecule has 1 aliphatic rings. The van der Waals surface area contributed by atoms with Crippen LogP contribution >= 0.6 is 11.3 Å². The summed E-state index contributed by atoms with van der Waals surface area (Å²) in [5, 5.41) is 17.8. The largest absolute Gasteiger partial charge is 0.444 e. The summed E-state index contributed by atoms with van der Waals surface area (Å²) < 4.78 is 53.1. The number of ether oxygens (including phenoxy) is 1. The van der Waals surface area contributed by atoms with Crippen LogP contribution in [0.15, 0.2) is 30.3 Å². The van der Waals surface area contributed by atoms with Crippen molar-refractivity contribution in [2.75, 3.05) is 32.8 Å². The Labute approximate surface area is 267 Å². The quantitative estimate of drug-likeness (QED) is 0.243. The van der Waals surface area contributed by atoms with Crippen LogP contribution < -0.4 is 0 Å². The van der Waals surface area contributed by atoms with E-state index in [0.717, 1.165) is 22.1 Å². The maximum absolute atomic E-state index is 16.0. The van der Waals surface area contributed by atoms with E-state index in [1.54, 1.807) is 44.4 Å². The topological polar surface area (TPSA) is 105 Å². The SMILES string of the molecule is [C-]#[N+]c1ccc(-c2cc(C(=O)N3CCCN(C(=O)OC(C)(C)C)CC3)sc2-c2cc3nnn(C(C)(C)CO)c3c(F)c2F)cc1F. The number of carbonyl (C=O) groups is 2. The molecular formula is C32H33F3N6O4S. The van der Waals surface area contributed by atoms with Gasteiger partial charge in [-0.15, -0.1) is 16.4 Å². The molecule has 0 aliphatic carbocycles. The van der Waals surface area contributed by atoms with Crippen LogP contribution in [0.4, 0.5) is 23.7 Å². The Balaban J connectivity index is 1.57. The van der Waals surface area contributed by atoms with Gasteiger partial charge in [0.15, 0.2) is 11.6 Å². The van der Waals surface area contributed by atoms with Crippen molar-refractivity contribution < 1.29 is 32.6 Å². The molecule has 10 nitrogen and oxygen atoms in total. The van der Waals surface area contributed by atoms with Gasteiger partial charge < -0.3 is 19.6 Å². The molecule has 0 atom stereocenters. The van der Waals surface area contributed by atoms with E-state index < -0.39 is 41.3 Å². The summed E-state index contributed by atoms with van der Waals surface area (Å²) in [4.78, 5) is 33.1. The third-order valence-corrected chi connectivity index (χ3v) is 8.73. The smallest absolute Gasteiger partial charge is 0.410 e. The summed E-state index contributed by atoms with van der Waals surface area (Å²) in [6.45, 7) is 16.5. The highest BCUT2D eigenvalue weighted by Crippen LogP contribution is 2.43. The molecule has 0 saturated carbocycles. The number of carbonyl (C=O) groups excluding carboxylic acids is 2. The van der Waals surface area contributed by atoms with Gasteiger partial charge in [0.25, 0.3) is 5.91 Å². The van der Waals surface area contributed by atoms with Crippen molar-refractivity contribution in [1.29, 1.82) is 0 Å². The highest BCUT2D eigenvalue weighted by molar-refractivity contribution is 7.18. The van der Waals surface area contributed by atoms with Crippen LogP contribution in [-0.2, 0) is 10.3 Å². The lowest BCUT2D eigenvalue weighted by Crippen LogP contribution is -2.40. The second-order valence-electron chi connectivity index (χ2n) is 12.6. The van der Waals surface area contributed by atoms with Gasteiger partial charge in [-0.25, -0.2) is 27.5 Å². The van der Waals surface area contributed by atoms with Crippen molar-refractivity contribution in [3.63, 3.8) is 0 Å². The zero-order valence-corrected chi connectivity index (χ0v) is 26.8. The third-order valence-electron chi connectivity index (χ3n) is 7.58. The van der Waals surface area contributed by atoms with Gasteiger partial charge >= 0.3 is 6.09 Å². The second kappa shape index (κ2) is 12.4. The van der Waals surface area contributed by atoms with Gasteiger partial charge in [-0.05, 0) is 64.8 Å². The maximum atomic E-state index is 16.0. The summed E-state index contributed by atoms with van der Waals surface area (Å²) in [7, 11) is 0. The number of benzene rings is 2. The highest BCUT2D eigenvalue weighted by atomic mass is 32.1. The molecule has 4 aromatic rings. The molecule has 5 rings (SSSR count). The number of aromatic nitrogens is 3. The van der Waals surface area contributed by atoms with E-state index in [2.05, 4.69) is 15.2 Å². The van der Waals surface area contributed by atoms with Crippen molar-refractivity contribution in [3.05, 3.63) is 64.1 Å². The van der Waals surface area contributed by atoms with Crippen molar-refractivity contribution in [2.24, 2.45) is 0 Å². The van der Waals surface area contributed by atoms with Crippen molar-refractivity contribution in [2.45, 2.75) is 52.2 Å². The molecule has 1 aliphatic heterocycles. The summed E-state index contributed by atoms with van der Waals surface area (Å²) in [6, 6.07) is 6.68. The molecule has 3 heterocycles. The minimum atomic E-state index is -1.24. The number of hydrogen-bond acceptors (Lipinski definition) is 7. The minimum Gasteiger partial charge on any atom is -0.444 e. The Hall–Kier alpha value is -4.48. The number of amides is 2. The van der Waals surface area contributed by atoms with E-state index in [-0.39, 0.29) is 62.2 Å². The molecule has 0 spiro atoms. The molecule has 1 saturated heterocycles.